The van der Waals surface area contributed by atoms with Crippen LogP contribution in [0.25, 0.3) is 11.3 Å². The van der Waals surface area contributed by atoms with E-state index in [-0.39, 0.29) is 17.5 Å². The van der Waals surface area contributed by atoms with Crippen LogP contribution in [0.3, 0.4) is 0 Å². The molecular formula is C33H42O5. The predicted molar refractivity (Wildman–Crippen MR) is 151 cm³/mol. The molecule has 1 fully saturated rings. The van der Waals surface area contributed by atoms with Crippen LogP contribution < -0.4 is 4.74 Å². The van der Waals surface area contributed by atoms with Crippen LogP contribution in [0.5, 0.6) is 5.75 Å². The summed E-state index contributed by atoms with van der Waals surface area (Å²) in [6.07, 6.45) is 4.19. The van der Waals surface area contributed by atoms with Gasteiger partial charge in [-0.3, -0.25) is 4.79 Å². The van der Waals surface area contributed by atoms with Crippen LogP contribution in [0.4, 0.5) is 0 Å². The van der Waals surface area contributed by atoms with Gasteiger partial charge in [-0.2, -0.15) is 0 Å². The molecular weight excluding hydrogens is 476 g/mol. The van der Waals surface area contributed by atoms with Crippen molar-refractivity contribution >= 4 is 5.97 Å². The molecule has 1 N–H and O–H groups in total. The minimum atomic E-state index is -0.930. The van der Waals surface area contributed by atoms with Crippen LogP contribution in [-0.4, -0.2) is 23.8 Å². The monoisotopic (exact) mass is 518 g/mol. The largest absolute Gasteiger partial charge is 0.489 e. The van der Waals surface area contributed by atoms with Gasteiger partial charge >= 0.3 is 5.97 Å². The van der Waals surface area contributed by atoms with Crippen LogP contribution in [-0.2, 0) is 20.5 Å². The number of benzene rings is 2. The molecule has 1 aromatic heterocycles. The van der Waals surface area contributed by atoms with Crippen molar-refractivity contribution in [2.24, 2.45) is 0 Å². The van der Waals surface area contributed by atoms with Gasteiger partial charge in [0.2, 0.25) is 0 Å². The number of hydrogen-bond acceptors (Lipinski definition) is 5. The molecule has 2 heterocycles. The summed E-state index contributed by atoms with van der Waals surface area (Å²) in [6.45, 7) is 13.0. The highest BCUT2D eigenvalue weighted by molar-refractivity contribution is 5.71. The highest BCUT2D eigenvalue weighted by Crippen LogP contribution is 2.42. The van der Waals surface area contributed by atoms with Crippen LogP contribution in [0.15, 0.2) is 52.9 Å². The third-order valence-electron chi connectivity index (χ3n) is 8.61. The lowest BCUT2D eigenvalue weighted by Gasteiger charge is -2.34. The molecule has 3 aromatic rings. The Morgan fingerprint density at radius 3 is 2.11 bits per heavy atom. The lowest BCUT2D eigenvalue weighted by Crippen LogP contribution is -2.26. The first-order valence-electron chi connectivity index (χ1n) is 14.1. The zero-order chi connectivity index (χ0) is 27.5. The summed E-state index contributed by atoms with van der Waals surface area (Å²) in [5, 5.41) is 10.9. The Labute approximate surface area is 227 Å². The average molecular weight is 519 g/mol. The smallest absolute Gasteiger partial charge is 0.306 e. The van der Waals surface area contributed by atoms with Crippen molar-refractivity contribution in [2.45, 2.75) is 97.2 Å². The predicted octanol–water partition coefficient (Wildman–Crippen LogP) is 7.76. The average Bonchev–Trinajstić information content (AvgIpc) is 3.58. The van der Waals surface area contributed by atoms with Gasteiger partial charge in [-0.05, 0) is 86.4 Å². The lowest BCUT2D eigenvalue weighted by molar-refractivity contribution is -0.142. The van der Waals surface area contributed by atoms with Crippen molar-refractivity contribution in [3.8, 4) is 17.1 Å². The standard InChI is InChI=1S/C33H42O5/c1-7-32(8-2,25-12-15-28(23(6)20-25)36-21-26-13-18-31(34)37-26)24-11-14-27(22(5)19-24)29-16-17-30(38-29)33(35,9-3)10-4/h11-12,14-17,19-20,26,35H,7-10,13,18,21H2,1-6H3/t26-/m1/s1. The maximum absolute atomic E-state index is 11.4. The molecule has 0 spiro atoms. The Kier molecular flexibility index (Phi) is 8.37. The van der Waals surface area contributed by atoms with Crippen molar-refractivity contribution in [1.82, 2.24) is 0 Å². The number of furan rings is 1. The van der Waals surface area contributed by atoms with Gasteiger partial charge in [0.25, 0.3) is 0 Å². The van der Waals surface area contributed by atoms with E-state index in [2.05, 4.69) is 64.1 Å². The van der Waals surface area contributed by atoms with Crippen molar-refractivity contribution in [3.05, 3.63) is 76.5 Å². The number of rotatable bonds is 11. The number of cyclic esters (lactones) is 1. The van der Waals surface area contributed by atoms with Crippen LogP contribution >= 0.6 is 0 Å². The van der Waals surface area contributed by atoms with E-state index < -0.39 is 5.60 Å². The summed E-state index contributed by atoms with van der Waals surface area (Å²) in [5.41, 5.74) is 4.75. The Morgan fingerprint density at radius 2 is 1.55 bits per heavy atom. The molecule has 0 bridgehead atoms. The summed E-state index contributed by atoms with van der Waals surface area (Å²) >= 11 is 0. The topological polar surface area (TPSA) is 68.9 Å². The first kappa shape index (κ1) is 28.0. The molecule has 4 rings (SSSR count). The van der Waals surface area contributed by atoms with E-state index in [9.17, 15) is 9.90 Å². The Bertz CT molecular complexity index is 1260. The quantitative estimate of drug-likeness (QED) is 0.263. The summed E-state index contributed by atoms with van der Waals surface area (Å²) in [5.74, 6) is 2.10. The lowest BCUT2D eigenvalue weighted by atomic mass is 9.70. The molecule has 1 aliphatic heterocycles. The zero-order valence-electron chi connectivity index (χ0n) is 23.7. The molecule has 1 aliphatic rings. The molecule has 5 heteroatoms. The Hall–Kier alpha value is -3.05. The maximum Gasteiger partial charge on any atom is 0.306 e. The fourth-order valence-corrected chi connectivity index (χ4v) is 5.79. The molecule has 204 valence electrons. The van der Waals surface area contributed by atoms with Crippen molar-refractivity contribution < 1.29 is 23.8 Å². The third-order valence-corrected chi connectivity index (χ3v) is 8.61. The second kappa shape index (κ2) is 11.4. The number of esters is 1. The molecule has 0 saturated carbocycles. The van der Waals surface area contributed by atoms with E-state index in [1.54, 1.807) is 0 Å². The van der Waals surface area contributed by atoms with E-state index in [1.807, 2.05) is 26.0 Å². The number of hydrogen-bond donors (Lipinski definition) is 1. The van der Waals surface area contributed by atoms with E-state index in [1.165, 1.54) is 11.1 Å². The fourth-order valence-electron chi connectivity index (χ4n) is 5.79. The second-order valence-electron chi connectivity index (χ2n) is 10.7. The highest BCUT2D eigenvalue weighted by atomic mass is 16.6. The molecule has 0 radical (unpaired) electrons. The van der Waals surface area contributed by atoms with Gasteiger partial charge in [0, 0.05) is 17.4 Å². The fraction of sp³-hybridized carbons (Fsp3) is 0.485. The minimum Gasteiger partial charge on any atom is -0.489 e. The van der Waals surface area contributed by atoms with Gasteiger partial charge in [0.15, 0.2) is 0 Å². The Morgan fingerprint density at radius 1 is 0.895 bits per heavy atom. The molecule has 0 amide bonds. The van der Waals surface area contributed by atoms with E-state index in [4.69, 9.17) is 13.9 Å². The van der Waals surface area contributed by atoms with Crippen LogP contribution in [0.1, 0.15) is 94.2 Å². The third kappa shape index (κ3) is 5.26. The molecule has 2 aromatic carbocycles. The van der Waals surface area contributed by atoms with E-state index in [0.717, 1.165) is 47.5 Å². The van der Waals surface area contributed by atoms with Gasteiger partial charge < -0.3 is 19.0 Å². The van der Waals surface area contributed by atoms with Gasteiger partial charge in [0.05, 0.1) is 0 Å². The summed E-state index contributed by atoms with van der Waals surface area (Å²) in [6, 6.07) is 17.0. The van der Waals surface area contributed by atoms with Crippen molar-refractivity contribution in [3.63, 3.8) is 0 Å². The first-order chi connectivity index (χ1) is 18.2. The SMILES string of the molecule is CCC(O)(CC)c1ccc(-c2ccc(C(CC)(CC)c3ccc(OC[C@H]4CCC(=O)O4)c(C)c3)cc2C)o1. The Balaban J connectivity index is 1.60. The van der Waals surface area contributed by atoms with E-state index >= 15 is 0 Å². The molecule has 1 saturated heterocycles. The second-order valence-corrected chi connectivity index (χ2v) is 10.7. The van der Waals surface area contributed by atoms with E-state index in [0.29, 0.717) is 31.6 Å². The normalized spacial score (nSPS) is 16.1. The molecule has 0 unspecified atom stereocenters. The van der Waals surface area contributed by atoms with Crippen LogP contribution in [0.2, 0.25) is 0 Å². The molecule has 0 aliphatic carbocycles. The van der Waals surface area contributed by atoms with Gasteiger partial charge in [0.1, 0.15) is 35.6 Å². The van der Waals surface area contributed by atoms with Crippen molar-refractivity contribution in [1.29, 1.82) is 0 Å². The number of carbonyl (C=O) groups excluding carboxylic acids is 1. The van der Waals surface area contributed by atoms with Crippen molar-refractivity contribution in [2.75, 3.05) is 6.61 Å². The molecule has 5 nitrogen and oxygen atoms in total. The number of aryl methyl sites for hydroxylation is 2. The number of aliphatic hydroxyl groups is 1. The summed E-state index contributed by atoms with van der Waals surface area (Å²) in [7, 11) is 0. The highest BCUT2D eigenvalue weighted by Gasteiger charge is 2.33. The van der Waals surface area contributed by atoms with Crippen LogP contribution in [0, 0.1) is 13.8 Å². The molecule has 38 heavy (non-hydrogen) atoms. The number of carbonyl (C=O) groups is 1. The van der Waals surface area contributed by atoms with Gasteiger partial charge in [-0.15, -0.1) is 0 Å². The van der Waals surface area contributed by atoms with Gasteiger partial charge in [-0.1, -0.05) is 58.0 Å². The minimum absolute atomic E-state index is 0.132. The summed E-state index contributed by atoms with van der Waals surface area (Å²) < 4.78 is 17.5. The zero-order valence-corrected chi connectivity index (χ0v) is 23.7. The van der Waals surface area contributed by atoms with Gasteiger partial charge in [-0.25, -0.2) is 0 Å². The number of ether oxygens (including phenoxy) is 2. The molecule has 1 atom stereocenters. The first-order valence-corrected chi connectivity index (χ1v) is 14.1. The summed E-state index contributed by atoms with van der Waals surface area (Å²) in [4.78, 5) is 11.4. The maximum atomic E-state index is 11.4.